The van der Waals surface area contributed by atoms with Gasteiger partial charge >= 0.3 is 0 Å². The van der Waals surface area contributed by atoms with Crippen LogP contribution in [0.15, 0.2) is 25.3 Å². The quantitative estimate of drug-likeness (QED) is 0.589. The SMILES string of the molecule is C=Cn1cc[n+](C(O)CBr)c1. The maximum atomic E-state index is 9.31. The molecule has 0 spiro atoms. The van der Waals surface area contributed by atoms with Gasteiger partial charge in [0.2, 0.25) is 6.23 Å². The summed E-state index contributed by atoms with van der Waals surface area (Å²) in [5, 5.41) is 9.83. The van der Waals surface area contributed by atoms with Crippen LogP contribution in [-0.4, -0.2) is 15.0 Å². The van der Waals surface area contributed by atoms with Gasteiger partial charge in [0.05, 0.1) is 11.5 Å². The third-order valence-electron chi connectivity index (χ3n) is 1.37. The lowest BCUT2D eigenvalue weighted by atomic mass is 10.6. The molecule has 1 unspecified atom stereocenters. The average molecular weight is 218 g/mol. The molecule has 1 aromatic rings. The van der Waals surface area contributed by atoms with Gasteiger partial charge in [-0.25, -0.2) is 9.13 Å². The second-order valence-electron chi connectivity index (χ2n) is 2.13. The molecule has 60 valence electrons. The number of aliphatic hydroxyl groups is 1. The molecular formula is C7H10BrN2O+. The van der Waals surface area contributed by atoms with Gasteiger partial charge in [-0.3, -0.25) is 0 Å². The largest absolute Gasteiger partial charge is 0.354 e. The van der Waals surface area contributed by atoms with E-state index in [9.17, 15) is 5.11 Å². The van der Waals surface area contributed by atoms with E-state index in [2.05, 4.69) is 22.5 Å². The predicted octanol–water partition coefficient (Wildman–Crippen LogP) is 0.762. The molecule has 1 heterocycles. The Bertz CT molecular complexity index is 246. The summed E-state index contributed by atoms with van der Waals surface area (Å²) in [7, 11) is 0. The van der Waals surface area contributed by atoms with Crippen LogP contribution in [-0.2, 0) is 0 Å². The Kier molecular flexibility index (Phi) is 2.84. The lowest BCUT2D eigenvalue weighted by Gasteiger charge is -1.99. The van der Waals surface area contributed by atoms with E-state index in [-0.39, 0.29) is 0 Å². The third-order valence-corrected chi connectivity index (χ3v) is 1.95. The molecule has 0 aliphatic heterocycles. The van der Waals surface area contributed by atoms with Gasteiger partial charge in [0.15, 0.2) is 0 Å². The van der Waals surface area contributed by atoms with E-state index in [0.29, 0.717) is 5.33 Å². The lowest BCUT2D eigenvalue weighted by molar-refractivity contribution is -0.753. The van der Waals surface area contributed by atoms with Gasteiger partial charge in [0.25, 0.3) is 6.33 Å². The molecule has 0 fully saturated rings. The van der Waals surface area contributed by atoms with Crippen molar-refractivity contribution in [3.63, 3.8) is 0 Å². The highest BCUT2D eigenvalue weighted by Crippen LogP contribution is 1.95. The van der Waals surface area contributed by atoms with Crippen molar-refractivity contribution in [1.82, 2.24) is 4.57 Å². The first-order valence-electron chi connectivity index (χ1n) is 3.22. The van der Waals surface area contributed by atoms with E-state index >= 15 is 0 Å². The number of rotatable bonds is 3. The van der Waals surface area contributed by atoms with Crippen molar-refractivity contribution in [2.24, 2.45) is 0 Å². The molecule has 0 saturated carbocycles. The van der Waals surface area contributed by atoms with Crippen molar-refractivity contribution >= 4 is 22.1 Å². The van der Waals surface area contributed by atoms with E-state index < -0.39 is 6.23 Å². The average Bonchev–Trinajstić information content (AvgIpc) is 2.50. The minimum Gasteiger partial charge on any atom is -0.354 e. The molecule has 0 aromatic carbocycles. The van der Waals surface area contributed by atoms with Crippen LogP contribution in [0, 0.1) is 0 Å². The highest BCUT2D eigenvalue weighted by atomic mass is 79.9. The number of imidazole rings is 1. The van der Waals surface area contributed by atoms with Crippen molar-refractivity contribution in [2.75, 3.05) is 5.33 Å². The van der Waals surface area contributed by atoms with Crippen molar-refractivity contribution in [1.29, 1.82) is 0 Å². The van der Waals surface area contributed by atoms with Gasteiger partial charge in [0.1, 0.15) is 12.4 Å². The van der Waals surface area contributed by atoms with Crippen LogP contribution in [0.2, 0.25) is 0 Å². The molecule has 1 rings (SSSR count). The first-order chi connectivity index (χ1) is 5.27. The molecule has 1 aromatic heterocycles. The van der Waals surface area contributed by atoms with Crippen molar-refractivity contribution < 1.29 is 9.67 Å². The Morgan fingerprint density at radius 1 is 1.82 bits per heavy atom. The standard InChI is InChI=1S/C7H10BrN2O/c1-2-9-3-4-10(6-9)7(11)5-8/h2-4,6-7,11H,1,5H2/q+1. The van der Waals surface area contributed by atoms with Crippen LogP contribution in [0.4, 0.5) is 0 Å². The summed E-state index contributed by atoms with van der Waals surface area (Å²) in [6.07, 6.45) is 6.53. The minimum atomic E-state index is -0.504. The molecule has 11 heavy (non-hydrogen) atoms. The van der Waals surface area contributed by atoms with Gasteiger partial charge in [-0.2, -0.15) is 0 Å². The fourth-order valence-electron chi connectivity index (χ4n) is 0.749. The summed E-state index contributed by atoms with van der Waals surface area (Å²) in [5.41, 5.74) is 0. The molecule has 0 amide bonds. The molecule has 0 aliphatic carbocycles. The fourth-order valence-corrected chi connectivity index (χ4v) is 1.08. The molecule has 0 radical (unpaired) electrons. The molecule has 1 N–H and O–H groups in total. The van der Waals surface area contributed by atoms with E-state index in [0.717, 1.165) is 0 Å². The molecule has 0 saturated heterocycles. The Morgan fingerprint density at radius 3 is 3.00 bits per heavy atom. The van der Waals surface area contributed by atoms with Crippen LogP contribution < -0.4 is 4.57 Å². The number of aromatic nitrogens is 2. The second-order valence-corrected chi connectivity index (χ2v) is 2.77. The number of alkyl halides is 1. The Balaban J connectivity index is 2.79. The van der Waals surface area contributed by atoms with Crippen LogP contribution in [0.1, 0.15) is 6.23 Å². The summed E-state index contributed by atoms with van der Waals surface area (Å²) in [5.74, 6) is 0. The molecule has 3 nitrogen and oxygen atoms in total. The first kappa shape index (κ1) is 8.49. The molecular weight excluding hydrogens is 208 g/mol. The number of aliphatic hydroxyl groups excluding tert-OH is 1. The van der Waals surface area contributed by atoms with Crippen molar-refractivity contribution in [3.05, 3.63) is 25.3 Å². The number of halogens is 1. The maximum Gasteiger partial charge on any atom is 0.250 e. The molecule has 4 heteroatoms. The monoisotopic (exact) mass is 217 g/mol. The van der Waals surface area contributed by atoms with Crippen molar-refractivity contribution in [2.45, 2.75) is 6.23 Å². The topological polar surface area (TPSA) is 29.0 Å². The summed E-state index contributed by atoms with van der Waals surface area (Å²) in [4.78, 5) is 0. The number of hydrogen-bond donors (Lipinski definition) is 1. The second kappa shape index (κ2) is 3.69. The van der Waals surface area contributed by atoms with Crippen LogP contribution in [0.5, 0.6) is 0 Å². The van der Waals surface area contributed by atoms with E-state index in [1.165, 1.54) is 0 Å². The molecule has 1 atom stereocenters. The van der Waals surface area contributed by atoms with Crippen molar-refractivity contribution in [3.8, 4) is 0 Å². The number of nitrogens with zero attached hydrogens (tertiary/aromatic N) is 2. The summed E-state index contributed by atoms with van der Waals surface area (Å²) in [6.45, 7) is 3.59. The lowest BCUT2D eigenvalue weighted by Crippen LogP contribution is -2.38. The van der Waals surface area contributed by atoms with E-state index in [1.54, 1.807) is 27.9 Å². The minimum absolute atomic E-state index is 0.504. The zero-order valence-electron chi connectivity index (χ0n) is 6.02. The predicted molar refractivity (Wildman–Crippen MR) is 46.1 cm³/mol. The molecule has 0 bridgehead atoms. The Hall–Kier alpha value is -0.610. The highest BCUT2D eigenvalue weighted by molar-refractivity contribution is 9.09. The first-order valence-corrected chi connectivity index (χ1v) is 4.35. The maximum absolute atomic E-state index is 9.31. The highest BCUT2D eigenvalue weighted by Gasteiger charge is 2.09. The van der Waals surface area contributed by atoms with Gasteiger partial charge in [-0.1, -0.05) is 22.5 Å². The summed E-state index contributed by atoms with van der Waals surface area (Å²) in [6, 6.07) is 0. The fraction of sp³-hybridized carbons (Fsp3) is 0.286. The molecule has 0 aliphatic rings. The smallest absolute Gasteiger partial charge is 0.250 e. The van der Waals surface area contributed by atoms with Gasteiger partial charge in [0, 0.05) is 0 Å². The Labute approximate surface area is 73.7 Å². The zero-order chi connectivity index (χ0) is 8.27. The number of hydrogen-bond acceptors (Lipinski definition) is 1. The van der Waals surface area contributed by atoms with E-state index in [4.69, 9.17) is 0 Å². The zero-order valence-corrected chi connectivity index (χ0v) is 7.61. The summed E-state index contributed by atoms with van der Waals surface area (Å²) < 4.78 is 3.46. The summed E-state index contributed by atoms with van der Waals surface area (Å²) >= 11 is 3.18. The normalized spacial score (nSPS) is 12.9. The van der Waals surface area contributed by atoms with Gasteiger partial charge in [-0.05, 0) is 0 Å². The van der Waals surface area contributed by atoms with Gasteiger partial charge in [-0.15, -0.1) is 0 Å². The van der Waals surface area contributed by atoms with Gasteiger partial charge < -0.3 is 5.11 Å². The van der Waals surface area contributed by atoms with Crippen LogP contribution in [0.25, 0.3) is 6.20 Å². The van der Waals surface area contributed by atoms with E-state index in [1.807, 2.05) is 6.20 Å². The van der Waals surface area contributed by atoms with Crippen LogP contribution in [0.3, 0.4) is 0 Å². The van der Waals surface area contributed by atoms with Crippen LogP contribution >= 0.6 is 15.9 Å². The third kappa shape index (κ3) is 1.91. The Morgan fingerprint density at radius 2 is 2.55 bits per heavy atom.